The highest BCUT2D eigenvalue weighted by atomic mass is 31.3. The molecule has 4 N–H and O–H groups in total. The SMILES string of the molecule is O=P(O)(OCCCCCO)OP(=O)(O)OCCCCCO. The summed E-state index contributed by atoms with van der Waals surface area (Å²) in [6.45, 7) is -0.235. The van der Waals surface area contributed by atoms with Crippen molar-refractivity contribution in [3.8, 4) is 0 Å². The number of aliphatic hydroxyl groups is 2. The summed E-state index contributed by atoms with van der Waals surface area (Å²) in [5.74, 6) is 0. The van der Waals surface area contributed by atoms with Gasteiger partial charge in [-0.05, 0) is 38.5 Å². The lowest BCUT2D eigenvalue weighted by molar-refractivity contribution is 0.151. The Bertz CT molecular complexity index is 317. The quantitative estimate of drug-likeness (QED) is 0.271. The zero-order chi connectivity index (χ0) is 16.2. The average Bonchev–Trinajstić information content (AvgIpc) is 2.36. The van der Waals surface area contributed by atoms with Gasteiger partial charge in [-0.3, -0.25) is 9.05 Å². The van der Waals surface area contributed by atoms with Gasteiger partial charge in [0.2, 0.25) is 0 Å². The highest BCUT2D eigenvalue weighted by molar-refractivity contribution is 7.61. The Balaban J connectivity index is 3.93. The lowest BCUT2D eigenvalue weighted by Crippen LogP contribution is -2.00. The number of aliphatic hydroxyl groups excluding tert-OH is 2. The van der Waals surface area contributed by atoms with Crippen LogP contribution >= 0.6 is 15.6 Å². The van der Waals surface area contributed by atoms with Gasteiger partial charge in [-0.1, -0.05) is 0 Å². The number of unbranched alkanes of at least 4 members (excludes halogenated alkanes) is 4. The Morgan fingerprint density at radius 1 is 0.667 bits per heavy atom. The van der Waals surface area contributed by atoms with E-state index < -0.39 is 15.6 Å². The van der Waals surface area contributed by atoms with Gasteiger partial charge < -0.3 is 20.0 Å². The van der Waals surface area contributed by atoms with Crippen molar-refractivity contribution in [1.82, 2.24) is 0 Å². The molecule has 0 aliphatic heterocycles. The number of phosphoric ester groups is 2. The summed E-state index contributed by atoms with van der Waals surface area (Å²) in [5.41, 5.74) is 0. The van der Waals surface area contributed by atoms with Gasteiger partial charge in [0.15, 0.2) is 0 Å². The molecule has 0 aromatic heterocycles. The van der Waals surface area contributed by atoms with Gasteiger partial charge in [0.1, 0.15) is 0 Å². The lowest BCUT2D eigenvalue weighted by atomic mass is 10.2. The van der Waals surface area contributed by atoms with Crippen LogP contribution in [0.3, 0.4) is 0 Å². The van der Waals surface area contributed by atoms with Gasteiger partial charge >= 0.3 is 15.6 Å². The molecule has 0 aromatic rings. The van der Waals surface area contributed by atoms with Crippen LogP contribution in [-0.2, 0) is 22.5 Å². The molecule has 2 atom stereocenters. The molecule has 11 heteroatoms. The predicted octanol–water partition coefficient (Wildman–Crippen LogP) is 1.56. The minimum atomic E-state index is -4.66. The molecule has 0 rings (SSSR count). The van der Waals surface area contributed by atoms with Crippen LogP contribution in [0, 0.1) is 0 Å². The Hall–Kier alpha value is 0.180. The Morgan fingerprint density at radius 3 is 1.38 bits per heavy atom. The van der Waals surface area contributed by atoms with Gasteiger partial charge in [-0.2, -0.15) is 4.31 Å². The van der Waals surface area contributed by atoms with Crippen molar-refractivity contribution in [2.45, 2.75) is 38.5 Å². The maximum Gasteiger partial charge on any atom is 0.481 e. The van der Waals surface area contributed by atoms with Crippen LogP contribution < -0.4 is 0 Å². The van der Waals surface area contributed by atoms with Crippen molar-refractivity contribution >= 4 is 15.6 Å². The number of hydrogen-bond acceptors (Lipinski definition) is 7. The third-order valence-electron chi connectivity index (χ3n) is 2.32. The fourth-order valence-electron chi connectivity index (χ4n) is 1.32. The highest BCUT2D eigenvalue weighted by Gasteiger charge is 2.34. The van der Waals surface area contributed by atoms with Crippen LogP contribution in [0.2, 0.25) is 0 Å². The fourth-order valence-corrected chi connectivity index (χ4v) is 3.46. The molecule has 0 radical (unpaired) electrons. The Kier molecular flexibility index (Phi) is 11.8. The first-order valence-corrected chi connectivity index (χ1v) is 9.70. The van der Waals surface area contributed by atoms with Crippen molar-refractivity contribution in [2.75, 3.05) is 26.4 Å². The predicted molar refractivity (Wildman–Crippen MR) is 74.5 cm³/mol. The smallest absolute Gasteiger partial charge is 0.396 e. The summed E-state index contributed by atoms with van der Waals surface area (Å²) in [5, 5.41) is 17.1. The van der Waals surface area contributed by atoms with E-state index >= 15 is 0 Å². The van der Waals surface area contributed by atoms with E-state index in [1.807, 2.05) is 0 Å². The van der Waals surface area contributed by atoms with Gasteiger partial charge in [0.25, 0.3) is 0 Å². The molecule has 0 aliphatic rings. The molecule has 0 amide bonds. The summed E-state index contributed by atoms with van der Waals surface area (Å²) in [7, 11) is -9.33. The minimum Gasteiger partial charge on any atom is -0.396 e. The van der Waals surface area contributed by atoms with E-state index in [-0.39, 0.29) is 26.4 Å². The second-order valence-electron chi connectivity index (χ2n) is 4.25. The molecule has 9 nitrogen and oxygen atoms in total. The molecule has 0 bridgehead atoms. The average molecular weight is 350 g/mol. The van der Waals surface area contributed by atoms with Crippen LogP contribution in [0.1, 0.15) is 38.5 Å². The summed E-state index contributed by atoms with van der Waals surface area (Å²) in [6.07, 6.45) is 3.08. The highest BCUT2D eigenvalue weighted by Crippen LogP contribution is 2.60. The van der Waals surface area contributed by atoms with Crippen LogP contribution in [0.4, 0.5) is 0 Å². The van der Waals surface area contributed by atoms with Crippen molar-refractivity contribution in [2.24, 2.45) is 0 Å². The number of phosphoric acid groups is 2. The Morgan fingerprint density at radius 2 is 1.05 bits per heavy atom. The second kappa shape index (κ2) is 11.7. The van der Waals surface area contributed by atoms with Gasteiger partial charge in [-0.15, -0.1) is 0 Å². The normalized spacial score (nSPS) is 17.3. The first-order chi connectivity index (χ1) is 9.83. The summed E-state index contributed by atoms with van der Waals surface area (Å²) < 4.78 is 36.0. The molecule has 128 valence electrons. The van der Waals surface area contributed by atoms with Gasteiger partial charge in [0, 0.05) is 13.2 Å². The third-order valence-corrected chi connectivity index (χ3v) is 4.99. The topological polar surface area (TPSA) is 143 Å². The van der Waals surface area contributed by atoms with Crippen LogP contribution in [0.5, 0.6) is 0 Å². The molecule has 0 spiro atoms. The largest absolute Gasteiger partial charge is 0.481 e. The van der Waals surface area contributed by atoms with E-state index in [9.17, 15) is 18.9 Å². The third kappa shape index (κ3) is 13.6. The van der Waals surface area contributed by atoms with E-state index in [4.69, 9.17) is 10.2 Å². The second-order valence-corrected chi connectivity index (χ2v) is 7.30. The van der Waals surface area contributed by atoms with Crippen molar-refractivity contribution in [3.63, 3.8) is 0 Å². The van der Waals surface area contributed by atoms with Crippen molar-refractivity contribution in [1.29, 1.82) is 0 Å². The summed E-state index contributed by atoms with van der Waals surface area (Å²) in [6, 6.07) is 0. The van der Waals surface area contributed by atoms with Gasteiger partial charge in [-0.25, -0.2) is 9.13 Å². The minimum absolute atomic E-state index is 0.0171. The van der Waals surface area contributed by atoms with E-state index in [1.165, 1.54) is 0 Å². The Labute approximate surface area is 124 Å². The van der Waals surface area contributed by atoms with Crippen LogP contribution in [0.25, 0.3) is 0 Å². The molecular formula is C10H24O9P2. The van der Waals surface area contributed by atoms with E-state index in [1.54, 1.807) is 0 Å². The standard InChI is InChI=1S/C10H24O9P2/c11-7-3-1-5-9-17-20(13,14)19-21(15,16)18-10-6-2-4-8-12/h11-12H,1-10H2,(H,13,14)(H,15,16). The van der Waals surface area contributed by atoms with Gasteiger partial charge in [0.05, 0.1) is 13.2 Å². The molecule has 21 heavy (non-hydrogen) atoms. The van der Waals surface area contributed by atoms with Crippen LogP contribution in [0.15, 0.2) is 0 Å². The summed E-state index contributed by atoms with van der Waals surface area (Å²) in [4.78, 5) is 18.5. The maximum atomic E-state index is 11.4. The van der Waals surface area contributed by atoms with E-state index in [0.29, 0.717) is 38.5 Å². The molecule has 0 saturated heterocycles. The summed E-state index contributed by atoms with van der Waals surface area (Å²) >= 11 is 0. The number of rotatable bonds is 14. The van der Waals surface area contributed by atoms with Crippen molar-refractivity contribution < 1.29 is 42.5 Å². The lowest BCUT2D eigenvalue weighted by Gasteiger charge is -2.16. The molecular weight excluding hydrogens is 326 g/mol. The van der Waals surface area contributed by atoms with Crippen molar-refractivity contribution in [3.05, 3.63) is 0 Å². The van der Waals surface area contributed by atoms with E-state index in [0.717, 1.165) is 0 Å². The molecule has 0 aliphatic carbocycles. The van der Waals surface area contributed by atoms with E-state index in [2.05, 4.69) is 13.4 Å². The van der Waals surface area contributed by atoms with Crippen LogP contribution in [-0.4, -0.2) is 46.4 Å². The zero-order valence-corrected chi connectivity index (χ0v) is 13.6. The fraction of sp³-hybridized carbons (Fsp3) is 1.00. The molecule has 0 aromatic carbocycles. The maximum absolute atomic E-state index is 11.4. The first kappa shape index (κ1) is 21.2. The molecule has 2 unspecified atom stereocenters. The first-order valence-electron chi connectivity index (χ1n) is 6.71. The zero-order valence-electron chi connectivity index (χ0n) is 11.8. The molecule has 0 heterocycles. The molecule has 0 fully saturated rings. The molecule has 0 saturated carbocycles. The number of hydrogen-bond donors (Lipinski definition) is 4. The monoisotopic (exact) mass is 350 g/mol.